The zero-order valence-electron chi connectivity index (χ0n) is 13.4. The molecule has 0 saturated carbocycles. The Hall–Kier alpha value is -2.66. The maximum atomic E-state index is 11.8. The molecule has 0 fully saturated rings. The molecule has 0 unspecified atom stereocenters. The minimum atomic E-state index is -0.290. The van der Waals surface area contributed by atoms with Crippen molar-refractivity contribution in [3.8, 4) is 6.07 Å². The molecular weight excluding hydrogens is 326 g/mol. The number of carbonyl (C=O) groups is 1. The second-order valence-electron chi connectivity index (χ2n) is 5.08. The van der Waals surface area contributed by atoms with Gasteiger partial charge in [0.15, 0.2) is 6.61 Å². The van der Waals surface area contributed by atoms with Crippen LogP contribution in [0.1, 0.15) is 31.1 Å². The van der Waals surface area contributed by atoms with Crippen LogP contribution >= 0.6 is 11.3 Å². The smallest absolute Gasteiger partial charge is 0.265 e. The SMILES string of the molecule is CC(=NOCC(=O)Nc1cnn(CCCCC#N)c1)c1cccs1. The minimum Gasteiger partial charge on any atom is -0.385 e. The van der Waals surface area contributed by atoms with E-state index in [1.807, 2.05) is 24.4 Å². The van der Waals surface area contributed by atoms with E-state index in [9.17, 15) is 4.79 Å². The van der Waals surface area contributed by atoms with Crippen LogP contribution in [0.15, 0.2) is 35.1 Å². The molecule has 1 N–H and O–H groups in total. The van der Waals surface area contributed by atoms with Gasteiger partial charge in [0, 0.05) is 19.2 Å². The number of carbonyl (C=O) groups excluding carboxylic acids is 1. The van der Waals surface area contributed by atoms with E-state index >= 15 is 0 Å². The number of nitrogens with zero attached hydrogens (tertiary/aromatic N) is 4. The number of thiophene rings is 1. The van der Waals surface area contributed by atoms with E-state index in [1.54, 1.807) is 28.4 Å². The first-order chi connectivity index (χ1) is 11.7. The van der Waals surface area contributed by atoms with Crippen LogP contribution in [0, 0.1) is 11.3 Å². The van der Waals surface area contributed by atoms with Gasteiger partial charge in [-0.25, -0.2) is 0 Å². The summed E-state index contributed by atoms with van der Waals surface area (Å²) in [5, 5.41) is 21.2. The fourth-order valence-electron chi connectivity index (χ4n) is 1.94. The number of unbranched alkanes of at least 4 members (excludes halogenated alkanes) is 2. The number of aryl methyl sites for hydroxylation is 1. The van der Waals surface area contributed by atoms with Crippen LogP contribution in [0.5, 0.6) is 0 Å². The molecule has 2 aromatic rings. The summed E-state index contributed by atoms with van der Waals surface area (Å²) in [5.41, 5.74) is 1.35. The van der Waals surface area contributed by atoms with Gasteiger partial charge in [-0.15, -0.1) is 11.3 Å². The van der Waals surface area contributed by atoms with Gasteiger partial charge in [0.2, 0.25) is 0 Å². The highest BCUT2D eigenvalue weighted by Gasteiger charge is 2.06. The summed E-state index contributed by atoms with van der Waals surface area (Å²) in [6.45, 7) is 2.40. The van der Waals surface area contributed by atoms with Crippen molar-refractivity contribution in [1.82, 2.24) is 9.78 Å². The molecule has 0 aromatic carbocycles. The fraction of sp³-hybridized carbons (Fsp3) is 0.375. The van der Waals surface area contributed by atoms with E-state index in [0.29, 0.717) is 12.1 Å². The Balaban J connectivity index is 1.71. The number of rotatable bonds is 9. The molecular formula is C16H19N5O2S. The van der Waals surface area contributed by atoms with E-state index in [0.717, 1.165) is 30.0 Å². The number of anilines is 1. The van der Waals surface area contributed by atoms with Crippen molar-refractivity contribution in [3.63, 3.8) is 0 Å². The predicted molar refractivity (Wildman–Crippen MR) is 92.8 cm³/mol. The molecule has 0 atom stereocenters. The number of nitrogens with one attached hydrogen (secondary N) is 1. The summed E-state index contributed by atoms with van der Waals surface area (Å²) >= 11 is 1.56. The van der Waals surface area contributed by atoms with Crippen LogP contribution in [0.4, 0.5) is 5.69 Å². The van der Waals surface area contributed by atoms with Crippen molar-refractivity contribution in [3.05, 3.63) is 34.8 Å². The van der Waals surface area contributed by atoms with Crippen molar-refractivity contribution in [2.75, 3.05) is 11.9 Å². The van der Waals surface area contributed by atoms with Gasteiger partial charge >= 0.3 is 0 Å². The lowest BCUT2D eigenvalue weighted by molar-refractivity contribution is -0.120. The lowest BCUT2D eigenvalue weighted by Crippen LogP contribution is -2.17. The zero-order valence-corrected chi connectivity index (χ0v) is 14.3. The van der Waals surface area contributed by atoms with Crippen LogP contribution in [0.25, 0.3) is 0 Å². The summed E-state index contributed by atoms with van der Waals surface area (Å²) < 4.78 is 1.74. The Morgan fingerprint density at radius 3 is 3.17 bits per heavy atom. The third-order valence-corrected chi connectivity index (χ3v) is 4.10. The third-order valence-electron chi connectivity index (χ3n) is 3.12. The fourth-order valence-corrected chi connectivity index (χ4v) is 2.61. The summed E-state index contributed by atoms with van der Waals surface area (Å²) in [6.07, 6.45) is 5.61. The molecule has 1 amide bonds. The third kappa shape index (κ3) is 5.85. The molecule has 0 aliphatic carbocycles. The Kier molecular flexibility index (Phi) is 6.98. The molecule has 7 nitrogen and oxygen atoms in total. The van der Waals surface area contributed by atoms with Crippen LogP contribution < -0.4 is 5.32 Å². The van der Waals surface area contributed by atoms with Gasteiger partial charge in [-0.1, -0.05) is 11.2 Å². The number of amides is 1. The molecule has 8 heteroatoms. The minimum absolute atomic E-state index is 0.157. The number of nitriles is 1. The van der Waals surface area contributed by atoms with Gasteiger partial charge in [0.25, 0.3) is 5.91 Å². The maximum Gasteiger partial charge on any atom is 0.265 e. The van der Waals surface area contributed by atoms with Gasteiger partial charge in [-0.2, -0.15) is 10.4 Å². The summed E-state index contributed by atoms with van der Waals surface area (Å²) in [4.78, 5) is 17.9. The average molecular weight is 345 g/mol. The second-order valence-corrected chi connectivity index (χ2v) is 6.03. The van der Waals surface area contributed by atoms with Crippen molar-refractivity contribution in [2.45, 2.75) is 32.7 Å². The van der Waals surface area contributed by atoms with E-state index in [1.165, 1.54) is 0 Å². The van der Waals surface area contributed by atoms with E-state index in [4.69, 9.17) is 10.1 Å². The van der Waals surface area contributed by atoms with E-state index < -0.39 is 0 Å². The van der Waals surface area contributed by atoms with Gasteiger partial charge < -0.3 is 10.2 Å². The van der Waals surface area contributed by atoms with Crippen LogP contribution in [0.2, 0.25) is 0 Å². The molecule has 2 rings (SSSR count). The summed E-state index contributed by atoms with van der Waals surface area (Å²) in [6, 6.07) is 5.99. The number of hydrogen-bond donors (Lipinski definition) is 1. The molecule has 2 heterocycles. The molecule has 0 aliphatic rings. The lowest BCUT2D eigenvalue weighted by atomic mass is 10.2. The number of hydrogen-bond acceptors (Lipinski definition) is 6. The molecule has 2 aromatic heterocycles. The highest BCUT2D eigenvalue weighted by molar-refractivity contribution is 7.12. The molecule has 24 heavy (non-hydrogen) atoms. The highest BCUT2D eigenvalue weighted by Crippen LogP contribution is 2.10. The molecule has 0 spiro atoms. The van der Waals surface area contributed by atoms with Crippen molar-refractivity contribution < 1.29 is 9.63 Å². The Bertz CT molecular complexity index is 715. The van der Waals surface area contributed by atoms with Crippen LogP contribution in [0.3, 0.4) is 0 Å². The quantitative estimate of drug-likeness (QED) is 0.429. The van der Waals surface area contributed by atoms with Gasteiger partial charge in [-0.3, -0.25) is 9.48 Å². The first-order valence-electron chi connectivity index (χ1n) is 7.58. The lowest BCUT2D eigenvalue weighted by Gasteiger charge is -2.02. The maximum absolute atomic E-state index is 11.8. The molecule has 0 saturated heterocycles. The highest BCUT2D eigenvalue weighted by atomic mass is 32.1. The first kappa shape index (κ1) is 17.7. The second kappa shape index (κ2) is 9.47. The van der Waals surface area contributed by atoms with Gasteiger partial charge in [-0.05, 0) is 31.2 Å². The predicted octanol–water partition coefficient (Wildman–Crippen LogP) is 3.02. The van der Waals surface area contributed by atoms with Crippen molar-refractivity contribution >= 4 is 28.6 Å². The Morgan fingerprint density at radius 2 is 2.42 bits per heavy atom. The van der Waals surface area contributed by atoms with Gasteiger partial charge in [0.1, 0.15) is 0 Å². The van der Waals surface area contributed by atoms with E-state index in [2.05, 4.69) is 21.6 Å². The molecule has 126 valence electrons. The van der Waals surface area contributed by atoms with Gasteiger partial charge in [0.05, 0.1) is 28.5 Å². The van der Waals surface area contributed by atoms with Crippen molar-refractivity contribution in [1.29, 1.82) is 5.26 Å². The van der Waals surface area contributed by atoms with Crippen LogP contribution in [-0.2, 0) is 16.2 Å². The Labute approximate surface area is 144 Å². The average Bonchev–Trinajstić information content (AvgIpc) is 3.23. The standard InChI is InChI=1S/C16H19N5O2S/c1-13(15-6-5-9-24-15)20-23-12-16(22)19-14-10-18-21(11-14)8-4-2-3-7-17/h5-6,9-11H,2-4,8,12H2,1H3,(H,19,22). The summed E-state index contributed by atoms with van der Waals surface area (Å²) in [7, 11) is 0. The first-order valence-corrected chi connectivity index (χ1v) is 8.46. The topological polar surface area (TPSA) is 92.3 Å². The Morgan fingerprint density at radius 1 is 1.54 bits per heavy atom. The monoisotopic (exact) mass is 345 g/mol. The van der Waals surface area contributed by atoms with Crippen LogP contribution in [-0.4, -0.2) is 28.0 Å². The number of oxime groups is 1. The molecule has 0 aliphatic heterocycles. The molecule has 0 bridgehead atoms. The zero-order chi connectivity index (χ0) is 17.2. The summed E-state index contributed by atoms with van der Waals surface area (Å²) in [5.74, 6) is -0.290. The largest absolute Gasteiger partial charge is 0.385 e. The van der Waals surface area contributed by atoms with E-state index in [-0.39, 0.29) is 12.5 Å². The molecule has 0 radical (unpaired) electrons. The number of aromatic nitrogens is 2. The normalized spacial score (nSPS) is 11.1. The van der Waals surface area contributed by atoms with Crippen molar-refractivity contribution in [2.24, 2.45) is 5.16 Å².